The summed E-state index contributed by atoms with van der Waals surface area (Å²) in [5, 5.41) is 0. The van der Waals surface area contributed by atoms with Crippen molar-refractivity contribution >= 4 is 17.8 Å². The maximum absolute atomic E-state index is 12.6. The molecule has 124 valence electrons. The summed E-state index contributed by atoms with van der Waals surface area (Å²) in [6, 6.07) is 7.31. The number of nitrogens with zero attached hydrogens (tertiary/aromatic N) is 1. The first-order valence-electron chi connectivity index (χ1n) is 7.41. The van der Waals surface area contributed by atoms with Crippen molar-refractivity contribution in [2.24, 2.45) is 0 Å². The largest absolute Gasteiger partial charge is 0.467 e. The molecule has 1 aromatic rings. The molecule has 23 heavy (non-hydrogen) atoms. The number of Topliss-reactive ketones (excluding diaryl/α,β-unsaturated/α-hetero) is 1. The van der Waals surface area contributed by atoms with Gasteiger partial charge in [0.25, 0.3) is 0 Å². The lowest BCUT2D eigenvalue weighted by Crippen LogP contribution is -2.47. The standard InChI is InChI=1S/C17H21NO5/c1-17(2,3)23-16(21)18-12(11-8-6-5-7-9-11)10-13(19)14(18)15(20)22-4/h5-9,12,14H,10H2,1-4H3/t12-,14?/m1/s1. The third kappa shape index (κ3) is 3.70. The summed E-state index contributed by atoms with van der Waals surface area (Å²) in [6.07, 6.45) is -0.643. The average Bonchev–Trinajstić information content (AvgIpc) is 2.83. The normalized spacial score (nSPS) is 21.2. The highest BCUT2D eigenvalue weighted by atomic mass is 16.6. The van der Waals surface area contributed by atoms with Crippen LogP contribution < -0.4 is 0 Å². The van der Waals surface area contributed by atoms with Crippen LogP contribution in [0.15, 0.2) is 30.3 Å². The molecule has 0 spiro atoms. The van der Waals surface area contributed by atoms with Crippen LogP contribution in [0.5, 0.6) is 0 Å². The molecule has 0 bridgehead atoms. The highest BCUT2D eigenvalue weighted by Crippen LogP contribution is 2.35. The summed E-state index contributed by atoms with van der Waals surface area (Å²) in [5.41, 5.74) is 0.0445. The van der Waals surface area contributed by atoms with Crippen molar-refractivity contribution in [1.82, 2.24) is 4.90 Å². The fourth-order valence-electron chi connectivity index (χ4n) is 2.59. The van der Waals surface area contributed by atoms with E-state index < -0.39 is 29.7 Å². The molecular formula is C17H21NO5. The minimum absolute atomic E-state index is 0.0586. The van der Waals surface area contributed by atoms with Crippen LogP contribution in [-0.2, 0) is 19.1 Å². The number of amides is 1. The predicted molar refractivity (Wildman–Crippen MR) is 82.7 cm³/mol. The number of hydrogen-bond acceptors (Lipinski definition) is 5. The smallest absolute Gasteiger partial charge is 0.411 e. The summed E-state index contributed by atoms with van der Waals surface area (Å²) < 4.78 is 10.1. The molecule has 0 N–H and O–H groups in total. The Hall–Kier alpha value is -2.37. The molecule has 6 heteroatoms. The van der Waals surface area contributed by atoms with Crippen molar-refractivity contribution in [3.05, 3.63) is 35.9 Å². The first-order chi connectivity index (χ1) is 10.7. The first-order valence-corrected chi connectivity index (χ1v) is 7.41. The second-order valence-corrected chi connectivity index (χ2v) is 6.41. The van der Waals surface area contributed by atoms with E-state index in [-0.39, 0.29) is 12.2 Å². The third-order valence-electron chi connectivity index (χ3n) is 3.53. The number of carbonyl (C=O) groups excluding carboxylic acids is 3. The van der Waals surface area contributed by atoms with Crippen LogP contribution in [-0.4, -0.2) is 41.5 Å². The van der Waals surface area contributed by atoms with E-state index >= 15 is 0 Å². The second-order valence-electron chi connectivity index (χ2n) is 6.41. The van der Waals surface area contributed by atoms with Gasteiger partial charge in [0.15, 0.2) is 11.8 Å². The summed E-state index contributed by atoms with van der Waals surface area (Å²) in [4.78, 5) is 38.0. The minimum Gasteiger partial charge on any atom is -0.467 e. The summed E-state index contributed by atoms with van der Waals surface area (Å²) in [5.74, 6) is -1.10. The molecule has 0 saturated carbocycles. The van der Waals surface area contributed by atoms with Gasteiger partial charge in [0, 0.05) is 6.42 Å². The van der Waals surface area contributed by atoms with Crippen molar-refractivity contribution in [2.75, 3.05) is 7.11 Å². The second kappa shape index (κ2) is 6.40. The number of esters is 1. The van der Waals surface area contributed by atoms with E-state index in [1.807, 2.05) is 30.3 Å². The molecule has 6 nitrogen and oxygen atoms in total. The molecule has 0 aromatic heterocycles. The Labute approximate surface area is 135 Å². The van der Waals surface area contributed by atoms with Crippen LogP contribution in [0.1, 0.15) is 38.8 Å². The van der Waals surface area contributed by atoms with Crippen LogP contribution >= 0.6 is 0 Å². The Bertz CT molecular complexity index is 605. The molecule has 1 unspecified atom stereocenters. The molecule has 1 amide bonds. The van der Waals surface area contributed by atoms with Gasteiger partial charge in [0.1, 0.15) is 5.60 Å². The van der Waals surface area contributed by atoms with Gasteiger partial charge in [-0.3, -0.25) is 9.69 Å². The van der Waals surface area contributed by atoms with Gasteiger partial charge >= 0.3 is 12.1 Å². The zero-order valence-electron chi connectivity index (χ0n) is 13.7. The van der Waals surface area contributed by atoms with Gasteiger partial charge in [-0.2, -0.15) is 0 Å². The number of methoxy groups -OCH3 is 1. The van der Waals surface area contributed by atoms with Gasteiger partial charge in [0.2, 0.25) is 0 Å². The summed E-state index contributed by atoms with van der Waals surface area (Å²) >= 11 is 0. The first kappa shape index (κ1) is 17.0. The van der Waals surface area contributed by atoms with E-state index in [0.29, 0.717) is 0 Å². The number of ketones is 1. The van der Waals surface area contributed by atoms with Gasteiger partial charge in [-0.25, -0.2) is 9.59 Å². The topological polar surface area (TPSA) is 72.9 Å². The molecule has 0 aliphatic carbocycles. The quantitative estimate of drug-likeness (QED) is 0.618. The van der Waals surface area contributed by atoms with Gasteiger partial charge in [-0.1, -0.05) is 30.3 Å². The van der Waals surface area contributed by atoms with Crippen molar-refractivity contribution in [2.45, 2.75) is 44.9 Å². The van der Waals surface area contributed by atoms with E-state index in [1.54, 1.807) is 20.8 Å². The molecule has 0 radical (unpaired) electrons. The third-order valence-corrected chi connectivity index (χ3v) is 3.53. The van der Waals surface area contributed by atoms with E-state index in [4.69, 9.17) is 9.47 Å². The maximum Gasteiger partial charge on any atom is 0.411 e. The van der Waals surface area contributed by atoms with Crippen molar-refractivity contribution in [1.29, 1.82) is 0 Å². The van der Waals surface area contributed by atoms with Gasteiger partial charge in [0.05, 0.1) is 13.2 Å². The predicted octanol–water partition coefficient (Wildman–Crippen LogP) is 2.48. The van der Waals surface area contributed by atoms with Crippen LogP contribution in [0.3, 0.4) is 0 Å². The van der Waals surface area contributed by atoms with Gasteiger partial charge in [-0.15, -0.1) is 0 Å². The van der Waals surface area contributed by atoms with E-state index in [1.165, 1.54) is 12.0 Å². The Morgan fingerprint density at radius 2 is 1.78 bits per heavy atom. The Morgan fingerprint density at radius 3 is 2.30 bits per heavy atom. The zero-order chi connectivity index (χ0) is 17.2. The molecule has 1 aromatic carbocycles. The Kier molecular flexibility index (Phi) is 4.73. The monoisotopic (exact) mass is 319 g/mol. The fraction of sp³-hybridized carbons (Fsp3) is 0.471. The van der Waals surface area contributed by atoms with Crippen LogP contribution in [0.4, 0.5) is 4.79 Å². The molecule has 1 saturated heterocycles. The van der Waals surface area contributed by atoms with Crippen molar-refractivity contribution in [3.63, 3.8) is 0 Å². The number of carbonyl (C=O) groups is 3. The van der Waals surface area contributed by atoms with Crippen LogP contribution in [0, 0.1) is 0 Å². The lowest BCUT2D eigenvalue weighted by Gasteiger charge is -2.30. The minimum atomic E-state index is -1.26. The SMILES string of the molecule is COC(=O)C1C(=O)C[C@H](c2ccccc2)N1C(=O)OC(C)(C)C. The Balaban J connectivity index is 2.40. The van der Waals surface area contributed by atoms with Gasteiger partial charge < -0.3 is 9.47 Å². The van der Waals surface area contributed by atoms with Crippen molar-refractivity contribution in [3.8, 4) is 0 Å². The van der Waals surface area contributed by atoms with Crippen LogP contribution in [0.2, 0.25) is 0 Å². The number of likely N-dealkylation sites (tertiary alicyclic amines) is 1. The maximum atomic E-state index is 12.6. The average molecular weight is 319 g/mol. The number of benzene rings is 1. The molecule has 1 aliphatic rings. The number of rotatable bonds is 2. The van der Waals surface area contributed by atoms with Crippen LogP contribution in [0.25, 0.3) is 0 Å². The van der Waals surface area contributed by atoms with E-state index in [9.17, 15) is 14.4 Å². The van der Waals surface area contributed by atoms with E-state index in [0.717, 1.165) is 5.56 Å². The lowest BCUT2D eigenvalue weighted by atomic mass is 10.0. The molecule has 2 rings (SSSR count). The number of hydrogen-bond donors (Lipinski definition) is 0. The van der Waals surface area contributed by atoms with Gasteiger partial charge in [-0.05, 0) is 26.3 Å². The molecule has 1 aliphatic heterocycles. The summed E-state index contributed by atoms with van der Waals surface area (Å²) in [6.45, 7) is 5.19. The lowest BCUT2D eigenvalue weighted by molar-refractivity contribution is -0.148. The zero-order valence-corrected chi connectivity index (χ0v) is 13.7. The van der Waals surface area contributed by atoms with E-state index in [2.05, 4.69) is 0 Å². The fourth-order valence-corrected chi connectivity index (χ4v) is 2.59. The van der Waals surface area contributed by atoms with Crippen molar-refractivity contribution < 1.29 is 23.9 Å². The number of ether oxygens (including phenoxy) is 2. The summed E-state index contributed by atoms with van der Waals surface area (Å²) in [7, 11) is 1.19. The molecule has 1 heterocycles. The highest BCUT2D eigenvalue weighted by Gasteiger charge is 2.49. The highest BCUT2D eigenvalue weighted by molar-refractivity contribution is 6.07. The molecule has 1 fully saturated rings. The molecule has 2 atom stereocenters. The Morgan fingerprint density at radius 1 is 1.17 bits per heavy atom. The molecular weight excluding hydrogens is 298 g/mol.